The van der Waals surface area contributed by atoms with E-state index in [9.17, 15) is 13.2 Å². The van der Waals surface area contributed by atoms with E-state index < -0.39 is 6.36 Å². The van der Waals surface area contributed by atoms with Gasteiger partial charge < -0.3 is 5.32 Å². The lowest BCUT2D eigenvalue weighted by atomic mass is 10.2. The molecule has 0 aliphatic rings. The van der Waals surface area contributed by atoms with Gasteiger partial charge in [-0.2, -0.15) is 0 Å². The molecule has 0 fully saturated rings. The van der Waals surface area contributed by atoms with Gasteiger partial charge in [0, 0.05) is 11.9 Å². The van der Waals surface area contributed by atoms with Crippen molar-refractivity contribution in [2.24, 2.45) is 0 Å². The molecule has 0 spiro atoms. The van der Waals surface area contributed by atoms with E-state index in [1.807, 2.05) is 6.92 Å². The zero-order valence-electron chi connectivity index (χ0n) is 8.03. The molecule has 1 N–H and O–H groups in total. The maximum absolute atomic E-state index is 11.5. The monoisotopic (exact) mass is 233 g/mol. The van der Waals surface area contributed by atoms with Crippen LogP contribution in [0, 0.1) is 0 Å². The van der Waals surface area contributed by atoms with E-state index >= 15 is 0 Å². The second-order valence-corrected chi connectivity index (χ2v) is 3.71. The molecule has 0 aliphatic carbocycles. The van der Waals surface area contributed by atoms with Gasteiger partial charge in [-0.05, 0) is 26.3 Å². The minimum Gasteiger partial charge on any atom is -0.314 e. The van der Waals surface area contributed by atoms with Crippen molar-refractivity contribution in [3.8, 4) is 0 Å². The van der Waals surface area contributed by atoms with E-state index in [0.29, 0.717) is 6.54 Å². The van der Waals surface area contributed by atoms with E-state index in [1.165, 1.54) is 0 Å². The molecular formula is C8H15ClF3NO. The highest BCUT2D eigenvalue weighted by molar-refractivity contribution is 6.20. The number of nitrogens with one attached hydrogen (secondary N) is 1. The summed E-state index contributed by atoms with van der Waals surface area (Å²) in [6.45, 7) is 2.41. The lowest BCUT2D eigenvalue weighted by Crippen LogP contribution is -2.25. The highest BCUT2D eigenvalue weighted by Gasteiger charge is 2.28. The fourth-order valence-electron chi connectivity index (χ4n) is 0.872. The molecule has 0 rings (SSSR count). The van der Waals surface area contributed by atoms with E-state index in [1.54, 1.807) is 0 Å². The summed E-state index contributed by atoms with van der Waals surface area (Å²) in [4.78, 5) is 0. The average Bonchev–Trinajstić information content (AvgIpc) is 2.00. The van der Waals surface area contributed by atoms with Crippen molar-refractivity contribution in [3.63, 3.8) is 0 Å². The van der Waals surface area contributed by atoms with Gasteiger partial charge in [0.25, 0.3) is 0 Å². The van der Waals surface area contributed by atoms with Crippen LogP contribution in [-0.4, -0.2) is 31.4 Å². The van der Waals surface area contributed by atoms with E-state index in [4.69, 9.17) is 11.6 Å². The standard InChI is InChI=1S/C8H15ClF3NO/c1-7(9)3-2-4-13-5-6-14-8(10,11)12/h7,13H,2-6H2,1H3. The summed E-state index contributed by atoms with van der Waals surface area (Å²) in [6.07, 6.45) is -2.81. The highest BCUT2D eigenvalue weighted by atomic mass is 35.5. The maximum Gasteiger partial charge on any atom is 0.522 e. The minimum atomic E-state index is -4.52. The molecule has 0 saturated carbocycles. The number of rotatable bonds is 7. The molecule has 0 radical (unpaired) electrons. The van der Waals surface area contributed by atoms with Crippen molar-refractivity contribution < 1.29 is 17.9 Å². The van der Waals surface area contributed by atoms with Gasteiger partial charge in [-0.15, -0.1) is 24.8 Å². The Bertz CT molecular complexity index is 141. The Morgan fingerprint density at radius 3 is 2.50 bits per heavy atom. The van der Waals surface area contributed by atoms with Gasteiger partial charge in [0.05, 0.1) is 6.61 Å². The molecule has 86 valence electrons. The molecule has 6 heteroatoms. The van der Waals surface area contributed by atoms with E-state index in [2.05, 4.69) is 10.1 Å². The van der Waals surface area contributed by atoms with Crippen molar-refractivity contribution >= 4 is 11.6 Å². The number of halogens is 4. The number of hydrogen-bond donors (Lipinski definition) is 1. The third-order valence-corrected chi connectivity index (χ3v) is 1.72. The first-order valence-corrected chi connectivity index (χ1v) is 4.91. The summed E-state index contributed by atoms with van der Waals surface area (Å²) in [6, 6.07) is 0. The van der Waals surface area contributed by atoms with Gasteiger partial charge in [-0.1, -0.05) is 0 Å². The normalized spacial score (nSPS) is 14.4. The van der Waals surface area contributed by atoms with Crippen LogP contribution in [0.15, 0.2) is 0 Å². The Morgan fingerprint density at radius 2 is 2.00 bits per heavy atom. The van der Waals surface area contributed by atoms with Gasteiger partial charge in [0.1, 0.15) is 0 Å². The molecule has 0 bridgehead atoms. The number of hydrogen-bond acceptors (Lipinski definition) is 2. The Hall–Kier alpha value is -0.0000000000000000555. The Balaban J connectivity index is 3.07. The van der Waals surface area contributed by atoms with Crippen molar-refractivity contribution in [1.29, 1.82) is 0 Å². The molecule has 0 aliphatic heterocycles. The van der Waals surface area contributed by atoms with Crippen LogP contribution in [0.4, 0.5) is 13.2 Å². The summed E-state index contributed by atoms with van der Waals surface area (Å²) in [5.41, 5.74) is 0. The second-order valence-electron chi connectivity index (χ2n) is 2.97. The van der Waals surface area contributed by atoms with Crippen LogP contribution in [-0.2, 0) is 4.74 Å². The minimum absolute atomic E-state index is 0.114. The molecular weight excluding hydrogens is 219 g/mol. The SMILES string of the molecule is CC(Cl)CCCNCCOC(F)(F)F. The van der Waals surface area contributed by atoms with Crippen LogP contribution in [0.2, 0.25) is 0 Å². The Morgan fingerprint density at radius 1 is 1.36 bits per heavy atom. The second kappa shape index (κ2) is 7.31. The summed E-state index contributed by atoms with van der Waals surface area (Å²) >= 11 is 5.68. The highest BCUT2D eigenvalue weighted by Crippen LogP contribution is 2.15. The molecule has 14 heavy (non-hydrogen) atoms. The van der Waals surface area contributed by atoms with Gasteiger partial charge >= 0.3 is 6.36 Å². The lowest BCUT2D eigenvalue weighted by Gasteiger charge is -2.08. The molecule has 0 aromatic heterocycles. The molecule has 0 aromatic carbocycles. The molecule has 1 atom stereocenters. The molecule has 2 nitrogen and oxygen atoms in total. The van der Waals surface area contributed by atoms with Gasteiger partial charge in [-0.25, -0.2) is 0 Å². The van der Waals surface area contributed by atoms with Crippen molar-refractivity contribution in [3.05, 3.63) is 0 Å². The fourth-order valence-corrected chi connectivity index (χ4v) is 1.03. The molecule has 0 amide bonds. The van der Waals surface area contributed by atoms with Crippen LogP contribution < -0.4 is 5.32 Å². The lowest BCUT2D eigenvalue weighted by molar-refractivity contribution is -0.323. The Labute approximate surface area is 86.8 Å². The van der Waals surface area contributed by atoms with Crippen LogP contribution in [0.25, 0.3) is 0 Å². The van der Waals surface area contributed by atoms with Crippen LogP contribution in [0.1, 0.15) is 19.8 Å². The topological polar surface area (TPSA) is 21.3 Å². The molecule has 0 heterocycles. The first-order valence-electron chi connectivity index (χ1n) is 4.47. The largest absolute Gasteiger partial charge is 0.522 e. The van der Waals surface area contributed by atoms with Crippen LogP contribution >= 0.6 is 11.6 Å². The van der Waals surface area contributed by atoms with E-state index in [-0.39, 0.29) is 18.5 Å². The van der Waals surface area contributed by atoms with E-state index in [0.717, 1.165) is 12.8 Å². The average molecular weight is 234 g/mol. The summed E-state index contributed by atoms with van der Waals surface area (Å²) in [7, 11) is 0. The van der Waals surface area contributed by atoms with Gasteiger partial charge in [0.15, 0.2) is 0 Å². The zero-order valence-corrected chi connectivity index (χ0v) is 8.79. The smallest absolute Gasteiger partial charge is 0.314 e. The summed E-state index contributed by atoms with van der Waals surface area (Å²) in [5.74, 6) is 0. The van der Waals surface area contributed by atoms with Crippen LogP contribution in [0.3, 0.4) is 0 Å². The van der Waals surface area contributed by atoms with Crippen molar-refractivity contribution in [1.82, 2.24) is 5.32 Å². The maximum atomic E-state index is 11.5. The zero-order chi connectivity index (χ0) is 11.0. The predicted molar refractivity (Wildman–Crippen MR) is 49.4 cm³/mol. The summed E-state index contributed by atoms with van der Waals surface area (Å²) in [5, 5.41) is 2.94. The number of ether oxygens (including phenoxy) is 1. The third kappa shape index (κ3) is 12.0. The molecule has 1 unspecified atom stereocenters. The quantitative estimate of drug-likeness (QED) is 0.539. The van der Waals surface area contributed by atoms with Gasteiger partial charge in [0.2, 0.25) is 0 Å². The molecule has 0 saturated heterocycles. The first kappa shape index (κ1) is 14.0. The molecule has 0 aromatic rings. The van der Waals surface area contributed by atoms with Crippen LogP contribution in [0.5, 0.6) is 0 Å². The van der Waals surface area contributed by atoms with Crippen molar-refractivity contribution in [2.75, 3.05) is 19.7 Å². The van der Waals surface area contributed by atoms with Gasteiger partial charge in [-0.3, -0.25) is 4.74 Å². The number of alkyl halides is 4. The van der Waals surface area contributed by atoms with Crippen molar-refractivity contribution in [2.45, 2.75) is 31.5 Å². The summed E-state index contributed by atoms with van der Waals surface area (Å²) < 4.78 is 38.0. The predicted octanol–water partition coefficient (Wildman–Crippen LogP) is 2.52. The Kier molecular flexibility index (Phi) is 7.31. The third-order valence-electron chi connectivity index (χ3n) is 1.50. The first-order chi connectivity index (χ1) is 6.42. The fraction of sp³-hybridized carbons (Fsp3) is 1.00.